The molecule has 3 nitrogen and oxygen atoms in total. The maximum absolute atomic E-state index is 13.3. The van der Waals surface area contributed by atoms with Crippen molar-refractivity contribution in [2.24, 2.45) is 0 Å². The van der Waals surface area contributed by atoms with Gasteiger partial charge in [-0.3, -0.25) is 0 Å². The number of hydrogen-bond acceptors (Lipinski definition) is 3. The van der Waals surface area contributed by atoms with Crippen molar-refractivity contribution in [2.45, 2.75) is 20.4 Å². The lowest BCUT2D eigenvalue weighted by atomic mass is 10.2. The molecule has 1 N–H and O–H groups in total. The molecule has 1 aromatic carbocycles. The fourth-order valence-corrected chi connectivity index (χ4v) is 2.28. The van der Waals surface area contributed by atoms with Crippen molar-refractivity contribution >= 4 is 15.9 Å². The summed E-state index contributed by atoms with van der Waals surface area (Å²) in [6.45, 7) is 5.61. The molecule has 0 spiro atoms. The van der Waals surface area contributed by atoms with E-state index in [0.717, 1.165) is 24.3 Å². The van der Waals surface area contributed by atoms with Crippen LogP contribution in [0, 0.1) is 12.7 Å². The van der Waals surface area contributed by atoms with E-state index in [9.17, 15) is 4.39 Å². The molecule has 106 valence electrons. The van der Waals surface area contributed by atoms with Crippen LogP contribution >= 0.6 is 15.9 Å². The Kier molecular flexibility index (Phi) is 5.09. The van der Waals surface area contributed by atoms with Gasteiger partial charge in [-0.05, 0) is 37.2 Å². The molecule has 5 heteroatoms. The van der Waals surface area contributed by atoms with Crippen LogP contribution in [0.1, 0.15) is 18.2 Å². The van der Waals surface area contributed by atoms with Gasteiger partial charge in [0.05, 0.1) is 0 Å². The Labute approximate surface area is 126 Å². The van der Waals surface area contributed by atoms with Gasteiger partial charge in [0.2, 0.25) is 5.88 Å². The minimum Gasteiger partial charge on any atom is -0.439 e. The zero-order chi connectivity index (χ0) is 14.5. The van der Waals surface area contributed by atoms with Crippen molar-refractivity contribution in [3.05, 3.63) is 51.9 Å². The predicted molar refractivity (Wildman–Crippen MR) is 80.5 cm³/mol. The molecule has 0 fully saturated rings. The molecule has 2 aromatic rings. The zero-order valence-electron chi connectivity index (χ0n) is 11.4. The number of rotatable bonds is 5. The summed E-state index contributed by atoms with van der Waals surface area (Å²) in [5.74, 6) is 0.537. The highest BCUT2D eigenvalue weighted by atomic mass is 79.9. The molecule has 0 unspecified atom stereocenters. The van der Waals surface area contributed by atoms with Gasteiger partial charge in [-0.2, -0.15) is 0 Å². The second-order valence-electron chi connectivity index (χ2n) is 4.44. The lowest BCUT2D eigenvalue weighted by Crippen LogP contribution is -2.12. The fourth-order valence-electron chi connectivity index (χ4n) is 1.84. The van der Waals surface area contributed by atoms with Gasteiger partial charge in [-0.15, -0.1) is 0 Å². The second-order valence-corrected chi connectivity index (χ2v) is 5.36. The first-order valence-corrected chi connectivity index (χ1v) is 7.18. The molecule has 0 radical (unpaired) electrons. The molecule has 0 aliphatic heterocycles. The van der Waals surface area contributed by atoms with Crippen LogP contribution in [0.5, 0.6) is 11.6 Å². The van der Waals surface area contributed by atoms with E-state index < -0.39 is 0 Å². The minimum atomic E-state index is -0.352. The summed E-state index contributed by atoms with van der Waals surface area (Å²) in [7, 11) is 0. The van der Waals surface area contributed by atoms with Gasteiger partial charge in [0.1, 0.15) is 11.6 Å². The average Bonchev–Trinajstić information content (AvgIpc) is 2.34. The third kappa shape index (κ3) is 4.28. The number of aromatic nitrogens is 1. The van der Waals surface area contributed by atoms with Crippen LogP contribution in [0.2, 0.25) is 0 Å². The number of halogens is 2. The lowest BCUT2D eigenvalue weighted by Gasteiger charge is -2.09. The maximum Gasteiger partial charge on any atom is 0.219 e. The Morgan fingerprint density at radius 3 is 2.75 bits per heavy atom. The Morgan fingerprint density at radius 1 is 1.25 bits per heavy atom. The molecule has 20 heavy (non-hydrogen) atoms. The van der Waals surface area contributed by atoms with Crippen LogP contribution in [-0.2, 0) is 6.54 Å². The Morgan fingerprint density at radius 2 is 2.05 bits per heavy atom. The van der Waals surface area contributed by atoms with E-state index in [-0.39, 0.29) is 5.82 Å². The number of benzene rings is 1. The largest absolute Gasteiger partial charge is 0.439 e. The number of nitrogens with one attached hydrogen (secondary N) is 1. The molecule has 0 bridgehead atoms. The third-order valence-electron chi connectivity index (χ3n) is 2.63. The number of ether oxygens (including phenoxy) is 1. The number of pyridine rings is 1. The molecule has 0 aliphatic rings. The van der Waals surface area contributed by atoms with Crippen LogP contribution in [-0.4, -0.2) is 11.5 Å². The SMILES string of the molecule is CCNCc1cc(C)nc(Oc2cc(F)cc(Br)c2)c1. The highest BCUT2D eigenvalue weighted by Gasteiger charge is 2.05. The van der Waals surface area contributed by atoms with Gasteiger partial charge in [-0.1, -0.05) is 22.9 Å². The zero-order valence-corrected chi connectivity index (χ0v) is 13.0. The summed E-state index contributed by atoms with van der Waals surface area (Å²) in [5, 5.41) is 3.25. The first-order chi connectivity index (χ1) is 9.56. The standard InChI is InChI=1S/C15H16BrFN2O/c1-3-18-9-11-4-10(2)19-15(5-11)20-14-7-12(16)6-13(17)8-14/h4-8,18H,3,9H2,1-2H3. The summed E-state index contributed by atoms with van der Waals surface area (Å²) in [6, 6.07) is 8.27. The van der Waals surface area contributed by atoms with Crippen molar-refractivity contribution in [1.82, 2.24) is 10.3 Å². The van der Waals surface area contributed by atoms with E-state index in [0.29, 0.717) is 16.1 Å². The third-order valence-corrected chi connectivity index (χ3v) is 3.09. The molecule has 1 heterocycles. The van der Waals surface area contributed by atoms with Gasteiger partial charge in [0, 0.05) is 28.8 Å². The summed E-state index contributed by atoms with van der Waals surface area (Å²) in [6.07, 6.45) is 0. The monoisotopic (exact) mass is 338 g/mol. The smallest absolute Gasteiger partial charge is 0.219 e. The molecular formula is C15H16BrFN2O. The van der Waals surface area contributed by atoms with Crippen LogP contribution in [0.15, 0.2) is 34.8 Å². The fraction of sp³-hybridized carbons (Fsp3) is 0.267. The van der Waals surface area contributed by atoms with Crippen LogP contribution in [0.4, 0.5) is 4.39 Å². The van der Waals surface area contributed by atoms with Gasteiger partial charge < -0.3 is 10.1 Å². The van der Waals surface area contributed by atoms with E-state index in [4.69, 9.17) is 4.74 Å². The summed E-state index contributed by atoms with van der Waals surface area (Å²) in [5.41, 5.74) is 1.95. The number of hydrogen-bond donors (Lipinski definition) is 1. The Bertz CT molecular complexity index is 584. The minimum absolute atomic E-state index is 0.352. The van der Waals surface area contributed by atoms with E-state index in [1.54, 1.807) is 6.07 Å². The van der Waals surface area contributed by atoms with Crippen LogP contribution in [0.25, 0.3) is 0 Å². The molecule has 2 rings (SSSR count). The van der Waals surface area contributed by atoms with Crippen molar-refractivity contribution in [2.75, 3.05) is 6.54 Å². The molecule has 0 saturated carbocycles. The molecular weight excluding hydrogens is 323 g/mol. The van der Waals surface area contributed by atoms with E-state index in [1.807, 2.05) is 19.1 Å². The summed E-state index contributed by atoms with van der Waals surface area (Å²) in [4.78, 5) is 4.31. The van der Waals surface area contributed by atoms with Crippen molar-refractivity contribution in [3.63, 3.8) is 0 Å². The molecule has 1 aromatic heterocycles. The van der Waals surface area contributed by atoms with Crippen molar-refractivity contribution in [1.29, 1.82) is 0 Å². The Hall–Kier alpha value is -1.46. The first-order valence-electron chi connectivity index (χ1n) is 6.39. The van der Waals surface area contributed by atoms with Gasteiger partial charge >= 0.3 is 0 Å². The van der Waals surface area contributed by atoms with Crippen molar-refractivity contribution < 1.29 is 9.13 Å². The van der Waals surface area contributed by atoms with Gasteiger partial charge in [0.25, 0.3) is 0 Å². The number of nitrogens with zero attached hydrogens (tertiary/aromatic N) is 1. The molecule has 0 aliphatic carbocycles. The van der Waals surface area contributed by atoms with E-state index in [1.165, 1.54) is 12.1 Å². The van der Waals surface area contributed by atoms with E-state index in [2.05, 4.69) is 33.2 Å². The normalized spacial score (nSPS) is 10.6. The highest BCUT2D eigenvalue weighted by molar-refractivity contribution is 9.10. The highest BCUT2D eigenvalue weighted by Crippen LogP contribution is 2.25. The second kappa shape index (κ2) is 6.81. The summed E-state index contributed by atoms with van der Waals surface area (Å²) >= 11 is 3.24. The Balaban J connectivity index is 2.21. The maximum atomic E-state index is 13.3. The van der Waals surface area contributed by atoms with Gasteiger partial charge in [0.15, 0.2) is 0 Å². The van der Waals surface area contributed by atoms with Crippen LogP contribution < -0.4 is 10.1 Å². The number of aryl methyl sites for hydroxylation is 1. The molecule has 0 amide bonds. The molecule has 0 atom stereocenters. The first kappa shape index (κ1) is 14.9. The van der Waals surface area contributed by atoms with Crippen LogP contribution in [0.3, 0.4) is 0 Å². The summed E-state index contributed by atoms with van der Waals surface area (Å²) < 4.78 is 19.6. The lowest BCUT2D eigenvalue weighted by molar-refractivity contribution is 0.455. The molecule has 0 saturated heterocycles. The van der Waals surface area contributed by atoms with E-state index >= 15 is 0 Å². The van der Waals surface area contributed by atoms with Gasteiger partial charge in [-0.25, -0.2) is 9.37 Å². The average molecular weight is 339 g/mol. The quantitative estimate of drug-likeness (QED) is 0.887. The topological polar surface area (TPSA) is 34.2 Å². The van der Waals surface area contributed by atoms with Crippen molar-refractivity contribution in [3.8, 4) is 11.6 Å². The predicted octanol–water partition coefficient (Wildman–Crippen LogP) is 4.19.